The van der Waals surface area contributed by atoms with Crippen LogP contribution >= 0.6 is 0 Å². The van der Waals surface area contributed by atoms with E-state index in [1.54, 1.807) is 0 Å². The first-order valence-corrected chi connectivity index (χ1v) is 17.3. The molecule has 10 rings (SSSR count). The number of para-hydroxylation sites is 4. The Labute approximate surface area is 305 Å². The summed E-state index contributed by atoms with van der Waals surface area (Å²) in [6.07, 6.45) is 0. The third-order valence-electron chi connectivity index (χ3n) is 9.64. The maximum Gasteiger partial charge on any atom is 0.227 e. The molecule has 2 heterocycles. The van der Waals surface area contributed by atoms with Gasteiger partial charge in [0, 0.05) is 33.8 Å². The maximum atomic E-state index is 10.0. The highest BCUT2D eigenvalue weighted by molar-refractivity contribution is 5.95. The minimum Gasteiger partial charge on any atom is -0.436 e. The zero-order chi connectivity index (χ0) is 36.2. The molecule has 0 aliphatic rings. The van der Waals surface area contributed by atoms with E-state index in [-0.39, 0.29) is 0 Å². The number of rotatable bonds is 6. The summed E-state index contributed by atoms with van der Waals surface area (Å²) >= 11 is 0. The van der Waals surface area contributed by atoms with Crippen molar-refractivity contribution in [3.8, 4) is 40.1 Å². The van der Waals surface area contributed by atoms with E-state index in [4.69, 9.17) is 18.8 Å². The Balaban J connectivity index is 1.06. The van der Waals surface area contributed by atoms with E-state index in [0.29, 0.717) is 23.4 Å². The van der Waals surface area contributed by atoms with Crippen LogP contribution in [-0.2, 0) is 0 Å². The average Bonchev–Trinajstić information content (AvgIpc) is 3.86. The van der Waals surface area contributed by atoms with Gasteiger partial charge >= 0.3 is 0 Å². The van der Waals surface area contributed by atoms with Gasteiger partial charge in [0.25, 0.3) is 0 Å². The minimum atomic E-state index is 0.374. The Morgan fingerprint density at radius 3 is 1.60 bits per heavy atom. The van der Waals surface area contributed by atoms with Crippen molar-refractivity contribution in [1.29, 1.82) is 5.26 Å². The molecule has 0 spiro atoms. The molecule has 6 heteroatoms. The van der Waals surface area contributed by atoms with Crippen molar-refractivity contribution in [2.75, 3.05) is 4.90 Å². The molecule has 6 nitrogen and oxygen atoms in total. The number of hydrogen-bond donors (Lipinski definition) is 0. The first kappa shape index (κ1) is 29.3. The highest BCUT2D eigenvalue weighted by Crippen LogP contribution is 2.39. The van der Waals surface area contributed by atoms with Gasteiger partial charge in [-0.2, -0.15) is 5.26 Å². The normalized spacial score (nSPS) is 11.6. The second kappa shape index (κ2) is 12.4. The summed E-state index contributed by atoms with van der Waals surface area (Å²) in [5, 5.41) is 13.8. The van der Waals surface area contributed by atoms with Crippen LogP contribution in [0.5, 0.6) is 0 Å². The lowest BCUT2D eigenvalue weighted by molar-refractivity contribution is 0.619. The number of benzene rings is 8. The van der Waals surface area contributed by atoms with Gasteiger partial charge in [0.2, 0.25) is 11.8 Å². The van der Waals surface area contributed by atoms with E-state index in [1.807, 2.05) is 121 Å². The number of fused-ring (bicyclic) bond motifs is 4. The minimum absolute atomic E-state index is 0.374. The van der Waals surface area contributed by atoms with Crippen molar-refractivity contribution in [2.24, 2.45) is 0 Å². The number of anilines is 3. The zero-order valence-corrected chi connectivity index (χ0v) is 28.2. The third-order valence-corrected chi connectivity index (χ3v) is 9.64. The van der Waals surface area contributed by atoms with E-state index in [1.165, 1.54) is 0 Å². The maximum absolute atomic E-state index is 10.0. The van der Waals surface area contributed by atoms with Gasteiger partial charge in [0.15, 0.2) is 11.2 Å². The standard InChI is InChI=1S/C47H28N4O2/c48-29-37-26-32-7-1-2-8-33(32)28-41(37)36-14-13-35-27-40(24-19-34(35)25-36)51(38-20-15-30(16-21-38)46-49-42-9-3-5-11-44(42)52-46)39-22-17-31(18-23-39)47-50-43-10-4-6-12-45(43)53-47/h1-28H/i13D. The van der Waals surface area contributed by atoms with Gasteiger partial charge < -0.3 is 13.7 Å². The summed E-state index contributed by atoms with van der Waals surface area (Å²) < 4.78 is 21.3. The third kappa shape index (κ3) is 5.45. The molecule has 8 aromatic carbocycles. The van der Waals surface area contributed by atoms with Crippen LogP contribution in [0.1, 0.15) is 6.93 Å². The molecule has 0 fully saturated rings. The summed E-state index contributed by atoms with van der Waals surface area (Å²) in [5.74, 6) is 1.12. The Morgan fingerprint density at radius 1 is 0.491 bits per heavy atom. The van der Waals surface area contributed by atoms with E-state index in [2.05, 4.69) is 53.4 Å². The fraction of sp³-hybridized carbons (Fsp3) is 0. The molecule has 0 amide bonds. The summed E-state index contributed by atoms with van der Waals surface area (Å²) in [5.41, 5.74) is 9.80. The van der Waals surface area contributed by atoms with Crippen LogP contribution in [0, 0.1) is 11.3 Å². The van der Waals surface area contributed by atoms with Crippen LogP contribution < -0.4 is 4.90 Å². The SMILES string of the molecule is [2H]c1cc(-c2cc3ccccc3cc2C#N)cc2ccc(N(c3ccc(-c4nc5ccccc5o4)cc3)c3ccc(-c4nc5ccccc5o4)cc3)cc12. The quantitative estimate of drug-likeness (QED) is 0.174. The van der Waals surface area contributed by atoms with E-state index >= 15 is 0 Å². The molecule has 0 unspecified atom stereocenters. The lowest BCUT2D eigenvalue weighted by atomic mass is 9.94. The van der Waals surface area contributed by atoms with E-state index in [9.17, 15) is 6.63 Å². The second-order valence-corrected chi connectivity index (χ2v) is 12.9. The van der Waals surface area contributed by atoms with Gasteiger partial charge in [-0.1, -0.05) is 66.7 Å². The highest BCUT2D eigenvalue weighted by atomic mass is 16.4. The van der Waals surface area contributed by atoms with Crippen molar-refractivity contribution in [1.82, 2.24) is 9.97 Å². The molecule has 248 valence electrons. The molecule has 0 saturated heterocycles. The molecule has 0 N–H and O–H groups in total. The van der Waals surface area contributed by atoms with Crippen LogP contribution in [0.25, 0.3) is 77.8 Å². The fourth-order valence-electron chi connectivity index (χ4n) is 6.97. The Morgan fingerprint density at radius 2 is 1.02 bits per heavy atom. The zero-order valence-electron chi connectivity index (χ0n) is 29.2. The summed E-state index contributed by atoms with van der Waals surface area (Å²) in [7, 11) is 0. The van der Waals surface area contributed by atoms with Crippen LogP contribution in [0.15, 0.2) is 179 Å². The molecular weight excluding hydrogens is 653 g/mol. The first-order valence-electron chi connectivity index (χ1n) is 17.8. The number of oxazole rings is 2. The molecule has 53 heavy (non-hydrogen) atoms. The van der Waals surface area contributed by atoms with Crippen molar-refractivity contribution < 1.29 is 10.2 Å². The predicted octanol–water partition coefficient (Wildman–Crippen LogP) is 12.6. The van der Waals surface area contributed by atoms with Gasteiger partial charge in [-0.25, -0.2) is 9.97 Å². The summed E-state index contributed by atoms with van der Waals surface area (Å²) in [4.78, 5) is 11.5. The van der Waals surface area contributed by atoms with Crippen LogP contribution in [-0.4, -0.2) is 9.97 Å². The predicted molar refractivity (Wildman–Crippen MR) is 212 cm³/mol. The molecule has 0 aliphatic heterocycles. The smallest absolute Gasteiger partial charge is 0.227 e. The van der Waals surface area contributed by atoms with Crippen molar-refractivity contribution in [3.63, 3.8) is 0 Å². The van der Waals surface area contributed by atoms with Crippen LogP contribution in [0.2, 0.25) is 0 Å². The second-order valence-electron chi connectivity index (χ2n) is 12.9. The Hall–Kier alpha value is -7.49. The molecule has 0 bridgehead atoms. The number of aromatic nitrogens is 2. The van der Waals surface area contributed by atoms with Gasteiger partial charge in [0.05, 0.1) is 13.0 Å². The topological polar surface area (TPSA) is 79.1 Å². The summed E-state index contributed by atoms with van der Waals surface area (Å²) in [6, 6.07) is 56.6. The van der Waals surface area contributed by atoms with E-state index < -0.39 is 0 Å². The van der Waals surface area contributed by atoms with Crippen molar-refractivity contribution in [3.05, 3.63) is 175 Å². The molecule has 0 aliphatic carbocycles. The Bertz CT molecular complexity index is 2900. The molecule has 0 saturated carbocycles. The van der Waals surface area contributed by atoms with Gasteiger partial charge in [-0.15, -0.1) is 0 Å². The lowest BCUT2D eigenvalue weighted by Gasteiger charge is -2.26. The number of nitriles is 1. The molecule has 0 atom stereocenters. The summed E-state index contributed by atoms with van der Waals surface area (Å²) in [6.45, 7) is 0. The average molecular weight is 682 g/mol. The van der Waals surface area contributed by atoms with Crippen molar-refractivity contribution in [2.45, 2.75) is 0 Å². The monoisotopic (exact) mass is 681 g/mol. The largest absolute Gasteiger partial charge is 0.436 e. The van der Waals surface area contributed by atoms with Gasteiger partial charge in [0.1, 0.15) is 11.0 Å². The highest BCUT2D eigenvalue weighted by Gasteiger charge is 2.17. The molecule has 10 aromatic rings. The van der Waals surface area contributed by atoms with Gasteiger partial charge in [-0.3, -0.25) is 0 Å². The molecule has 2 aromatic heterocycles. The first-order chi connectivity index (χ1) is 26.6. The lowest BCUT2D eigenvalue weighted by Crippen LogP contribution is -2.09. The Kier molecular flexibility index (Phi) is 6.83. The van der Waals surface area contributed by atoms with Crippen LogP contribution in [0.4, 0.5) is 17.1 Å². The molecule has 0 radical (unpaired) electrons. The van der Waals surface area contributed by atoms with E-state index in [0.717, 1.165) is 83.1 Å². The number of nitrogens with zero attached hydrogens (tertiary/aromatic N) is 4. The fourth-order valence-corrected chi connectivity index (χ4v) is 6.97. The van der Waals surface area contributed by atoms with Crippen molar-refractivity contribution >= 4 is 60.8 Å². The van der Waals surface area contributed by atoms with Gasteiger partial charge in [-0.05, 0) is 130 Å². The number of hydrogen-bond acceptors (Lipinski definition) is 6. The van der Waals surface area contributed by atoms with Crippen LogP contribution in [0.3, 0.4) is 0 Å². The molecular formula is C47H28N4O2.